The van der Waals surface area contributed by atoms with Crippen LogP contribution in [0.4, 0.5) is 0 Å². The van der Waals surface area contributed by atoms with Crippen LogP contribution in [0.5, 0.6) is 0 Å². The lowest BCUT2D eigenvalue weighted by Crippen LogP contribution is -2.40. The van der Waals surface area contributed by atoms with Crippen LogP contribution >= 0.6 is 12.4 Å². The van der Waals surface area contributed by atoms with E-state index < -0.39 is 0 Å². The fourth-order valence-corrected chi connectivity index (χ4v) is 4.95. The standard InChI is InChI=1S/C18H29N5O.ClH/c1-13-17(20-21-23(13)15-8-10-19-11-9-15)18(24)22-12-4-7-16(22)14-5-2-3-6-14;/h14-16,19H,2-12H2,1H3;1H. The molecule has 1 aromatic heterocycles. The molecule has 6 nitrogen and oxygen atoms in total. The van der Waals surface area contributed by atoms with Gasteiger partial charge in [-0.3, -0.25) is 4.79 Å². The lowest BCUT2D eigenvalue weighted by atomic mass is 9.96. The molecule has 0 aromatic carbocycles. The van der Waals surface area contributed by atoms with E-state index in [-0.39, 0.29) is 18.3 Å². The predicted octanol–water partition coefficient (Wildman–Crippen LogP) is 2.73. The summed E-state index contributed by atoms with van der Waals surface area (Å²) in [5.74, 6) is 0.818. The lowest BCUT2D eigenvalue weighted by Gasteiger charge is -2.29. The maximum atomic E-state index is 13.1. The third-order valence-corrected chi connectivity index (χ3v) is 6.29. The van der Waals surface area contributed by atoms with E-state index in [4.69, 9.17) is 0 Å². The molecular weight excluding hydrogens is 338 g/mol. The van der Waals surface area contributed by atoms with Crippen molar-refractivity contribution in [3.05, 3.63) is 11.4 Å². The Morgan fingerprint density at radius 2 is 1.80 bits per heavy atom. The summed E-state index contributed by atoms with van der Waals surface area (Å²) in [7, 11) is 0. The molecule has 3 heterocycles. The average molecular weight is 368 g/mol. The zero-order valence-corrected chi connectivity index (χ0v) is 15.9. The van der Waals surface area contributed by atoms with Crippen molar-refractivity contribution >= 4 is 18.3 Å². The summed E-state index contributed by atoms with van der Waals surface area (Å²) in [6.45, 7) is 4.93. The van der Waals surface area contributed by atoms with Crippen LogP contribution in [0.25, 0.3) is 0 Å². The number of nitrogens with one attached hydrogen (secondary N) is 1. The SMILES string of the molecule is Cc1c(C(=O)N2CCCC2C2CCCC2)nnn1C1CCNCC1.Cl. The molecular formula is C18H30ClN5O. The second-order valence-corrected chi connectivity index (χ2v) is 7.70. The van der Waals surface area contributed by atoms with Crippen LogP contribution in [-0.2, 0) is 0 Å². The quantitative estimate of drug-likeness (QED) is 0.892. The maximum absolute atomic E-state index is 13.1. The molecule has 0 bridgehead atoms. The maximum Gasteiger partial charge on any atom is 0.276 e. The van der Waals surface area contributed by atoms with Crippen molar-refractivity contribution < 1.29 is 4.79 Å². The highest BCUT2D eigenvalue weighted by atomic mass is 35.5. The number of halogens is 1. The van der Waals surface area contributed by atoms with Gasteiger partial charge in [-0.05, 0) is 64.5 Å². The van der Waals surface area contributed by atoms with Crippen molar-refractivity contribution in [1.82, 2.24) is 25.2 Å². The van der Waals surface area contributed by atoms with E-state index in [9.17, 15) is 4.79 Å². The van der Waals surface area contributed by atoms with Crippen LogP contribution in [0.2, 0.25) is 0 Å². The fraction of sp³-hybridized carbons (Fsp3) is 0.833. The van der Waals surface area contributed by atoms with E-state index in [1.165, 1.54) is 25.7 Å². The minimum atomic E-state index is 0. The van der Waals surface area contributed by atoms with Crippen molar-refractivity contribution in [3.8, 4) is 0 Å². The smallest absolute Gasteiger partial charge is 0.276 e. The van der Waals surface area contributed by atoms with Crippen LogP contribution in [0, 0.1) is 12.8 Å². The summed E-state index contributed by atoms with van der Waals surface area (Å²) >= 11 is 0. The number of hydrogen-bond acceptors (Lipinski definition) is 4. The van der Waals surface area contributed by atoms with Crippen molar-refractivity contribution in [3.63, 3.8) is 0 Å². The normalized spacial score (nSPS) is 25.3. The first kappa shape index (κ1) is 18.6. The Hall–Kier alpha value is -1.14. The Morgan fingerprint density at radius 1 is 1.08 bits per heavy atom. The van der Waals surface area contributed by atoms with Crippen molar-refractivity contribution in [1.29, 1.82) is 0 Å². The minimum absolute atomic E-state index is 0. The molecule has 25 heavy (non-hydrogen) atoms. The van der Waals surface area contributed by atoms with Gasteiger partial charge >= 0.3 is 0 Å². The molecule has 1 amide bonds. The van der Waals surface area contributed by atoms with Crippen LogP contribution in [0.3, 0.4) is 0 Å². The highest BCUT2D eigenvalue weighted by molar-refractivity contribution is 5.93. The highest BCUT2D eigenvalue weighted by Gasteiger charge is 2.38. The summed E-state index contributed by atoms with van der Waals surface area (Å²) in [6, 6.07) is 0.813. The highest BCUT2D eigenvalue weighted by Crippen LogP contribution is 2.36. The second-order valence-electron chi connectivity index (χ2n) is 7.70. The van der Waals surface area contributed by atoms with E-state index in [0.29, 0.717) is 23.7 Å². The van der Waals surface area contributed by atoms with Crippen LogP contribution in [0.15, 0.2) is 0 Å². The summed E-state index contributed by atoms with van der Waals surface area (Å²) in [5.41, 5.74) is 1.53. The first-order chi connectivity index (χ1) is 11.8. The van der Waals surface area contributed by atoms with Crippen LogP contribution < -0.4 is 5.32 Å². The molecule has 2 aliphatic heterocycles. The van der Waals surface area contributed by atoms with Gasteiger partial charge in [-0.2, -0.15) is 0 Å². The third-order valence-electron chi connectivity index (χ3n) is 6.29. The zero-order valence-electron chi connectivity index (χ0n) is 15.1. The van der Waals surface area contributed by atoms with E-state index in [0.717, 1.165) is 51.0 Å². The molecule has 3 aliphatic rings. The summed E-state index contributed by atoms with van der Waals surface area (Å²) < 4.78 is 1.99. The van der Waals surface area contributed by atoms with Crippen molar-refractivity contribution in [2.75, 3.05) is 19.6 Å². The summed E-state index contributed by atoms with van der Waals surface area (Å²) in [6.07, 6.45) is 9.65. The Kier molecular flexibility index (Phi) is 6.00. The Balaban J connectivity index is 0.00000182. The number of aromatic nitrogens is 3. The molecule has 1 unspecified atom stereocenters. The molecule has 7 heteroatoms. The van der Waals surface area contributed by atoms with Gasteiger partial charge in [0, 0.05) is 12.6 Å². The summed E-state index contributed by atoms with van der Waals surface area (Å²) in [4.78, 5) is 15.2. The number of likely N-dealkylation sites (tertiary alicyclic amines) is 1. The van der Waals surface area contributed by atoms with Gasteiger partial charge in [0.05, 0.1) is 11.7 Å². The number of amides is 1. The van der Waals surface area contributed by atoms with E-state index in [2.05, 4.69) is 20.5 Å². The number of nitrogens with zero attached hydrogens (tertiary/aromatic N) is 4. The topological polar surface area (TPSA) is 63.1 Å². The van der Waals surface area contributed by atoms with Gasteiger partial charge in [-0.25, -0.2) is 4.68 Å². The fourth-order valence-electron chi connectivity index (χ4n) is 4.95. The predicted molar refractivity (Wildman–Crippen MR) is 99.2 cm³/mol. The lowest BCUT2D eigenvalue weighted by molar-refractivity contribution is 0.0682. The van der Waals surface area contributed by atoms with Gasteiger partial charge in [0.1, 0.15) is 0 Å². The Bertz CT molecular complexity index is 592. The average Bonchev–Trinajstić information content (AvgIpc) is 3.35. The van der Waals surface area contributed by atoms with Crippen LogP contribution in [-0.4, -0.2) is 51.5 Å². The largest absolute Gasteiger partial charge is 0.334 e. The number of hydrogen-bond donors (Lipinski definition) is 1. The van der Waals surface area contributed by atoms with E-state index >= 15 is 0 Å². The Morgan fingerprint density at radius 3 is 2.52 bits per heavy atom. The molecule has 140 valence electrons. The molecule has 1 aromatic rings. The molecule has 0 radical (unpaired) electrons. The number of carbonyl (C=O) groups excluding carboxylic acids is 1. The van der Waals surface area contributed by atoms with Gasteiger partial charge in [0.25, 0.3) is 5.91 Å². The van der Waals surface area contributed by atoms with Gasteiger partial charge in [-0.1, -0.05) is 18.1 Å². The molecule has 3 fully saturated rings. The third kappa shape index (κ3) is 3.56. The molecule has 2 saturated heterocycles. The minimum Gasteiger partial charge on any atom is -0.334 e. The molecule has 1 saturated carbocycles. The number of carbonyl (C=O) groups is 1. The Labute approximate surface area is 156 Å². The molecule has 1 atom stereocenters. The molecule has 4 rings (SSSR count). The van der Waals surface area contributed by atoms with Crippen molar-refractivity contribution in [2.45, 2.75) is 70.4 Å². The van der Waals surface area contributed by atoms with Crippen LogP contribution in [0.1, 0.15) is 73.6 Å². The van der Waals surface area contributed by atoms with E-state index in [1.54, 1.807) is 0 Å². The van der Waals surface area contributed by atoms with Gasteiger partial charge < -0.3 is 10.2 Å². The first-order valence-corrected chi connectivity index (χ1v) is 9.69. The monoisotopic (exact) mass is 367 g/mol. The van der Waals surface area contributed by atoms with Gasteiger partial charge in [0.15, 0.2) is 5.69 Å². The molecule has 1 aliphatic carbocycles. The van der Waals surface area contributed by atoms with Crippen molar-refractivity contribution in [2.24, 2.45) is 5.92 Å². The molecule has 1 N–H and O–H groups in total. The second kappa shape index (κ2) is 8.04. The number of rotatable bonds is 3. The summed E-state index contributed by atoms with van der Waals surface area (Å²) in [5, 5.41) is 12.0. The number of piperidine rings is 1. The van der Waals surface area contributed by atoms with Gasteiger partial charge in [-0.15, -0.1) is 17.5 Å². The first-order valence-electron chi connectivity index (χ1n) is 9.69. The zero-order chi connectivity index (χ0) is 16.5. The van der Waals surface area contributed by atoms with Gasteiger partial charge in [0.2, 0.25) is 0 Å². The van der Waals surface area contributed by atoms with E-state index in [1.807, 2.05) is 11.6 Å². The molecule has 0 spiro atoms.